The number of rotatable bonds is 9. The second-order valence-corrected chi connectivity index (χ2v) is 7.36. The van der Waals surface area contributed by atoms with Crippen molar-refractivity contribution in [2.24, 2.45) is 5.10 Å². The molecule has 30 heavy (non-hydrogen) atoms. The Bertz CT molecular complexity index is 980. The maximum Gasteiger partial charge on any atom is 0.363 e. The van der Waals surface area contributed by atoms with Crippen LogP contribution in [0.5, 0.6) is 11.5 Å². The highest BCUT2D eigenvalue weighted by Gasteiger charge is 2.23. The standard InChI is InChI=1S/C19H26N6O5/c1-6-8-30-15-13(25(27)28)9-12(10-14(15)29-7-2)11-20-23-17-16(19(3,4)5)22-24-18(26)21-17/h9-11H,6-8H2,1-5H3,(H2,21,23,24,26)/b20-11+. The van der Waals surface area contributed by atoms with Gasteiger partial charge >= 0.3 is 11.4 Å². The molecule has 0 amide bonds. The fourth-order valence-corrected chi connectivity index (χ4v) is 2.54. The zero-order valence-corrected chi connectivity index (χ0v) is 17.7. The molecule has 0 saturated carbocycles. The van der Waals surface area contributed by atoms with E-state index in [4.69, 9.17) is 9.47 Å². The number of nitrogens with one attached hydrogen (secondary N) is 2. The number of aromatic amines is 1. The first-order valence-electron chi connectivity index (χ1n) is 9.51. The maximum absolute atomic E-state index is 11.5. The first-order valence-corrected chi connectivity index (χ1v) is 9.51. The number of nitro benzene ring substituents is 1. The minimum Gasteiger partial charge on any atom is -0.490 e. The summed E-state index contributed by atoms with van der Waals surface area (Å²) in [5, 5.41) is 21.9. The highest BCUT2D eigenvalue weighted by Crippen LogP contribution is 2.38. The van der Waals surface area contributed by atoms with Crippen molar-refractivity contribution in [1.82, 2.24) is 15.2 Å². The summed E-state index contributed by atoms with van der Waals surface area (Å²) in [5.41, 5.74) is 2.39. The van der Waals surface area contributed by atoms with Gasteiger partial charge in [-0.2, -0.15) is 15.2 Å². The Balaban J connectivity index is 2.39. The molecule has 0 fully saturated rings. The zero-order chi connectivity index (χ0) is 22.3. The summed E-state index contributed by atoms with van der Waals surface area (Å²) < 4.78 is 11.1. The summed E-state index contributed by atoms with van der Waals surface area (Å²) in [6.45, 7) is 10.1. The third-order valence-electron chi connectivity index (χ3n) is 3.80. The summed E-state index contributed by atoms with van der Waals surface area (Å²) in [4.78, 5) is 26.4. The summed E-state index contributed by atoms with van der Waals surface area (Å²) in [7, 11) is 0. The van der Waals surface area contributed by atoms with Crippen molar-refractivity contribution in [1.29, 1.82) is 0 Å². The van der Waals surface area contributed by atoms with Crippen LogP contribution in [0.25, 0.3) is 0 Å². The van der Waals surface area contributed by atoms with E-state index in [1.165, 1.54) is 12.3 Å². The number of ether oxygens (including phenoxy) is 2. The van der Waals surface area contributed by atoms with Gasteiger partial charge in [0.2, 0.25) is 5.75 Å². The average molecular weight is 418 g/mol. The lowest BCUT2D eigenvalue weighted by Gasteiger charge is -2.18. The monoisotopic (exact) mass is 418 g/mol. The molecule has 0 radical (unpaired) electrons. The van der Waals surface area contributed by atoms with E-state index >= 15 is 0 Å². The second kappa shape index (κ2) is 9.81. The van der Waals surface area contributed by atoms with Gasteiger partial charge in [0.1, 0.15) is 5.69 Å². The van der Waals surface area contributed by atoms with Crippen LogP contribution in [-0.2, 0) is 5.41 Å². The van der Waals surface area contributed by atoms with Gasteiger partial charge in [0.25, 0.3) is 0 Å². The molecule has 1 aromatic heterocycles. The van der Waals surface area contributed by atoms with Gasteiger partial charge in [0.05, 0.1) is 24.4 Å². The number of nitrogens with zero attached hydrogens (tertiary/aromatic N) is 4. The van der Waals surface area contributed by atoms with E-state index in [-0.39, 0.29) is 23.0 Å². The molecular formula is C19H26N6O5. The highest BCUT2D eigenvalue weighted by molar-refractivity contribution is 5.83. The molecule has 0 aliphatic rings. The second-order valence-electron chi connectivity index (χ2n) is 7.36. The van der Waals surface area contributed by atoms with E-state index < -0.39 is 16.0 Å². The van der Waals surface area contributed by atoms with Crippen molar-refractivity contribution < 1.29 is 14.4 Å². The van der Waals surface area contributed by atoms with Crippen LogP contribution in [0, 0.1) is 10.1 Å². The summed E-state index contributed by atoms with van der Waals surface area (Å²) in [6, 6.07) is 2.94. The SMILES string of the molecule is CCCOc1c(OCC)cc(/C=N/Nc2nc(=O)[nH]nc2C(C)(C)C)cc1[N+](=O)[O-]. The molecule has 11 heteroatoms. The van der Waals surface area contributed by atoms with Gasteiger partial charge in [-0.25, -0.2) is 9.89 Å². The van der Waals surface area contributed by atoms with Crippen molar-refractivity contribution in [3.05, 3.63) is 44.0 Å². The minimum atomic E-state index is -0.618. The van der Waals surface area contributed by atoms with Crippen LogP contribution in [0.15, 0.2) is 22.0 Å². The van der Waals surface area contributed by atoms with Crippen LogP contribution in [0.3, 0.4) is 0 Å². The van der Waals surface area contributed by atoms with Gasteiger partial charge in [0, 0.05) is 17.0 Å². The van der Waals surface area contributed by atoms with Crippen molar-refractivity contribution in [2.45, 2.75) is 46.5 Å². The molecule has 2 rings (SSSR count). The van der Waals surface area contributed by atoms with Crippen molar-refractivity contribution in [3.8, 4) is 11.5 Å². The molecule has 1 aromatic carbocycles. The Morgan fingerprint density at radius 2 is 2.03 bits per heavy atom. The number of benzene rings is 1. The van der Waals surface area contributed by atoms with Crippen molar-refractivity contribution in [3.63, 3.8) is 0 Å². The van der Waals surface area contributed by atoms with E-state index in [1.54, 1.807) is 13.0 Å². The number of hydrogen-bond acceptors (Lipinski definition) is 9. The molecule has 0 bridgehead atoms. The number of hydrogen-bond donors (Lipinski definition) is 2. The number of aromatic nitrogens is 3. The molecule has 0 aliphatic heterocycles. The largest absolute Gasteiger partial charge is 0.490 e. The lowest BCUT2D eigenvalue weighted by atomic mass is 9.92. The van der Waals surface area contributed by atoms with E-state index in [9.17, 15) is 14.9 Å². The van der Waals surface area contributed by atoms with E-state index in [0.29, 0.717) is 30.9 Å². The Hall–Kier alpha value is -3.50. The van der Waals surface area contributed by atoms with Crippen LogP contribution in [0.4, 0.5) is 11.5 Å². The predicted octanol–water partition coefficient (Wildman–Crippen LogP) is 3.00. The van der Waals surface area contributed by atoms with Gasteiger partial charge in [0.15, 0.2) is 11.6 Å². The Kier molecular flexibility index (Phi) is 7.45. The zero-order valence-electron chi connectivity index (χ0n) is 17.7. The summed E-state index contributed by atoms with van der Waals surface area (Å²) in [6.07, 6.45) is 2.07. The van der Waals surface area contributed by atoms with E-state index in [0.717, 1.165) is 0 Å². The topological polar surface area (TPSA) is 145 Å². The Morgan fingerprint density at radius 1 is 1.30 bits per heavy atom. The first kappa shape index (κ1) is 22.8. The van der Waals surface area contributed by atoms with Crippen LogP contribution in [0.1, 0.15) is 52.3 Å². The summed E-state index contributed by atoms with van der Waals surface area (Å²) >= 11 is 0. The quantitative estimate of drug-likeness (QED) is 0.359. The van der Waals surface area contributed by atoms with Gasteiger partial charge in [-0.1, -0.05) is 27.7 Å². The highest BCUT2D eigenvalue weighted by atomic mass is 16.6. The number of hydrazone groups is 1. The average Bonchev–Trinajstić information content (AvgIpc) is 2.66. The van der Waals surface area contributed by atoms with Gasteiger partial charge in [-0.05, 0) is 19.4 Å². The smallest absolute Gasteiger partial charge is 0.363 e. The Morgan fingerprint density at radius 3 is 2.63 bits per heavy atom. The number of nitro groups is 1. The first-order chi connectivity index (χ1) is 14.2. The molecule has 0 saturated heterocycles. The molecule has 162 valence electrons. The molecule has 0 unspecified atom stereocenters. The Labute approximate surface area is 173 Å². The van der Waals surface area contributed by atoms with E-state index in [2.05, 4.69) is 25.7 Å². The number of anilines is 1. The van der Waals surface area contributed by atoms with Crippen LogP contribution in [-0.4, -0.2) is 39.5 Å². The van der Waals surface area contributed by atoms with Crippen LogP contribution in [0.2, 0.25) is 0 Å². The molecule has 11 nitrogen and oxygen atoms in total. The van der Waals surface area contributed by atoms with Gasteiger partial charge < -0.3 is 9.47 Å². The molecule has 0 spiro atoms. The molecule has 2 aromatic rings. The summed E-state index contributed by atoms with van der Waals surface area (Å²) in [5.74, 6) is 0.544. The molecule has 2 N–H and O–H groups in total. The third kappa shape index (κ3) is 5.75. The number of H-pyrrole nitrogens is 1. The predicted molar refractivity (Wildman–Crippen MR) is 113 cm³/mol. The third-order valence-corrected chi connectivity index (χ3v) is 3.80. The molecule has 1 heterocycles. The molecule has 0 atom stereocenters. The van der Waals surface area contributed by atoms with Crippen LogP contribution >= 0.6 is 0 Å². The van der Waals surface area contributed by atoms with E-state index in [1.807, 2.05) is 27.7 Å². The lowest BCUT2D eigenvalue weighted by Crippen LogP contribution is -2.24. The molecule has 0 aliphatic carbocycles. The fourth-order valence-electron chi connectivity index (χ4n) is 2.54. The van der Waals surface area contributed by atoms with Crippen molar-refractivity contribution >= 4 is 17.7 Å². The molecular weight excluding hydrogens is 392 g/mol. The van der Waals surface area contributed by atoms with Crippen molar-refractivity contribution in [2.75, 3.05) is 18.6 Å². The normalized spacial score (nSPS) is 11.5. The van der Waals surface area contributed by atoms with Crippen LogP contribution < -0.4 is 20.6 Å². The van der Waals surface area contributed by atoms with Gasteiger partial charge in [-0.15, -0.1) is 0 Å². The minimum absolute atomic E-state index is 0.0873. The lowest BCUT2D eigenvalue weighted by molar-refractivity contribution is -0.386. The fraction of sp³-hybridized carbons (Fsp3) is 0.474. The van der Waals surface area contributed by atoms with Gasteiger partial charge in [-0.3, -0.25) is 15.5 Å². The maximum atomic E-state index is 11.5.